The van der Waals surface area contributed by atoms with E-state index in [0.717, 1.165) is 18.4 Å². The largest absolute Gasteiger partial charge is 0.295 e. The third-order valence-corrected chi connectivity index (χ3v) is 3.76. The van der Waals surface area contributed by atoms with Crippen molar-refractivity contribution in [3.63, 3.8) is 0 Å². The number of aryl methyl sites for hydroxylation is 2. The van der Waals surface area contributed by atoms with E-state index in [1.54, 1.807) is 6.08 Å². The molecular formula is C25H31O2. The number of allylic oxidation sites excluding steroid dienone is 1. The minimum Gasteiger partial charge on any atom is -0.295 e. The van der Waals surface area contributed by atoms with Gasteiger partial charge in [0.15, 0.2) is 5.78 Å². The first-order valence-corrected chi connectivity index (χ1v) is 8.86. The molecule has 0 bridgehead atoms. The van der Waals surface area contributed by atoms with E-state index in [9.17, 15) is 9.59 Å². The van der Waals surface area contributed by atoms with Crippen LogP contribution >= 0.6 is 0 Å². The Kier molecular flexibility index (Phi) is 12.7. The quantitative estimate of drug-likeness (QED) is 0.346. The van der Waals surface area contributed by atoms with Gasteiger partial charge < -0.3 is 0 Å². The molecule has 2 aromatic carbocycles. The lowest BCUT2D eigenvalue weighted by molar-refractivity contribution is -0.114. The van der Waals surface area contributed by atoms with Gasteiger partial charge >= 0.3 is 0 Å². The van der Waals surface area contributed by atoms with Gasteiger partial charge in [0, 0.05) is 14.3 Å². The van der Waals surface area contributed by atoms with Crippen LogP contribution in [-0.2, 0) is 16.0 Å². The maximum atomic E-state index is 10.9. The van der Waals surface area contributed by atoms with Gasteiger partial charge in [-0.2, -0.15) is 0 Å². The van der Waals surface area contributed by atoms with Crippen LogP contribution < -0.4 is 0 Å². The Labute approximate surface area is 165 Å². The van der Waals surface area contributed by atoms with Crippen molar-refractivity contribution in [3.05, 3.63) is 77.4 Å². The molecule has 0 amide bonds. The van der Waals surface area contributed by atoms with E-state index < -0.39 is 0 Å². The zero-order valence-corrected chi connectivity index (χ0v) is 15.6. The van der Waals surface area contributed by atoms with Gasteiger partial charge in [0.05, 0.1) is 0 Å². The number of rotatable bonds is 7. The number of ketones is 2. The lowest BCUT2D eigenvalue weighted by Crippen LogP contribution is -1.94. The summed E-state index contributed by atoms with van der Waals surface area (Å²) in [4.78, 5) is 21.7. The molecule has 2 heteroatoms. The van der Waals surface area contributed by atoms with Gasteiger partial charge in [-0.1, -0.05) is 80.6 Å². The van der Waals surface area contributed by atoms with Crippen molar-refractivity contribution in [2.75, 3.05) is 0 Å². The molecule has 0 saturated carbocycles. The predicted octanol–water partition coefficient (Wildman–Crippen LogP) is 5.95. The van der Waals surface area contributed by atoms with Gasteiger partial charge in [0.25, 0.3) is 0 Å². The minimum absolute atomic E-state index is 0. The molecule has 0 spiro atoms. The first kappa shape index (κ1) is 24.1. The molecule has 0 aromatic heterocycles. The molecule has 0 fully saturated rings. The Bertz CT molecular complexity index is 753. The third kappa shape index (κ3) is 11.3. The van der Waals surface area contributed by atoms with E-state index in [1.165, 1.54) is 11.1 Å². The fraction of sp³-hybridized carbons (Fsp3) is 0.280. The second kappa shape index (κ2) is 14.3. The Hall–Kier alpha value is -2.92. The second-order valence-electron chi connectivity index (χ2n) is 5.97. The van der Waals surface area contributed by atoms with Crippen molar-refractivity contribution in [1.29, 1.82) is 0 Å². The van der Waals surface area contributed by atoms with Gasteiger partial charge in [-0.05, 0) is 42.9 Å². The Morgan fingerprint density at radius 3 is 2.26 bits per heavy atom. The van der Waals surface area contributed by atoms with Gasteiger partial charge in [0.1, 0.15) is 0 Å². The maximum Gasteiger partial charge on any atom is 0.205 e. The van der Waals surface area contributed by atoms with Crippen molar-refractivity contribution in [3.8, 4) is 12.3 Å². The van der Waals surface area contributed by atoms with Crippen molar-refractivity contribution in [1.82, 2.24) is 0 Å². The number of Topliss-reactive ketones (excluding diaryl/α,β-unsaturated/α-hetero) is 1. The fourth-order valence-corrected chi connectivity index (χ4v) is 2.15. The first-order valence-electron chi connectivity index (χ1n) is 8.86. The average molecular weight is 364 g/mol. The number of benzene rings is 2. The molecule has 2 nitrogen and oxygen atoms in total. The van der Waals surface area contributed by atoms with Crippen molar-refractivity contribution in [2.45, 2.75) is 47.0 Å². The highest BCUT2D eigenvalue weighted by Crippen LogP contribution is 2.07. The van der Waals surface area contributed by atoms with E-state index >= 15 is 0 Å². The number of carbonyl (C=O) groups excluding carboxylic acids is 2. The summed E-state index contributed by atoms with van der Waals surface area (Å²) in [5.74, 6) is 2.19. The number of terminal acetylenes is 1. The molecule has 2 aromatic rings. The van der Waals surface area contributed by atoms with Crippen LogP contribution in [0.5, 0.6) is 0 Å². The Morgan fingerprint density at radius 2 is 1.70 bits per heavy atom. The van der Waals surface area contributed by atoms with Crippen LogP contribution in [0.2, 0.25) is 0 Å². The summed E-state index contributed by atoms with van der Waals surface area (Å²) in [7, 11) is 0. The molecule has 0 heterocycles. The van der Waals surface area contributed by atoms with E-state index in [-0.39, 0.29) is 20.4 Å². The number of hydrogen-bond donors (Lipinski definition) is 0. The lowest BCUT2D eigenvalue weighted by Gasteiger charge is -1.99. The molecule has 0 saturated heterocycles. The second-order valence-corrected chi connectivity index (χ2v) is 5.97. The van der Waals surface area contributed by atoms with Gasteiger partial charge in [-0.25, -0.2) is 0 Å². The van der Waals surface area contributed by atoms with Crippen LogP contribution in [-0.4, -0.2) is 11.6 Å². The van der Waals surface area contributed by atoms with Crippen LogP contribution in [0.25, 0.3) is 6.08 Å². The van der Waals surface area contributed by atoms with Crippen LogP contribution in [0.3, 0.4) is 0 Å². The Balaban J connectivity index is 0. The summed E-state index contributed by atoms with van der Waals surface area (Å²) in [5.41, 5.74) is 3.59. The van der Waals surface area contributed by atoms with Crippen LogP contribution in [0.4, 0.5) is 0 Å². The zero-order chi connectivity index (χ0) is 19.2. The van der Waals surface area contributed by atoms with E-state index in [1.807, 2.05) is 43.3 Å². The predicted molar refractivity (Wildman–Crippen MR) is 117 cm³/mol. The average Bonchev–Trinajstić information content (AvgIpc) is 2.68. The van der Waals surface area contributed by atoms with Gasteiger partial charge in [-0.15, -0.1) is 6.42 Å². The molecule has 0 N–H and O–H groups in total. The van der Waals surface area contributed by atoms with Crippen molar-refractivity contribution in [2.24, 2.45) is 0 Å². The van der Waals surface area contributed by atoms with E-state index in [4.69, 9.17) is 6.42 Å². The van der Waals surface area contributed by atoms with E-state index in [2.05, 4.69) is 37.1 Å². The summed E-state index contributed by atoms with van der Waals surface area (Å²) < 4.78 is 0. The van der Waals surface area contributed by atoms with Crippen LogP contribution in [0, 0.1) is 19.3 Å². The molecule has 143 valence electrons. The van der Waals surface area contributed by atoms with Gasteiger partial charge in [0.2, 0.25) is 5.78 Å². The summed E-state index contributed by atoms with van der Waals surface area (Å²) in [5, 5.41) is 0. The monoisotopic (exact) mass is 363 g/mol. The molecule has 1 radical (unpaired) electrons. The molecular weight excluding hydrogens is 332 g/mol. The molecule has 0 aliphatic rings. The normalized spacial score (nSPS) is 9.52. The lowest BCUT2D eigenvalue weighted by atomic mass is 10.1. The number of hydrogen-bond acceptors (Lipinski definition) is 2. The van der Waals surface area contributed by atoms with Gasteiger partial charge in [-0.3, -0.25) is 9.59 Å². The third-order valence-electron chi connectivity index (χ3n) is 3.76. The topological polar surface area (TPSA) is 34.1 Å². The highest BCUT2D eigenvalue weighted by Gasteiger charge is 1.97. The Morgan fingerprint density at radius 1 is 1.07 bits per heavy atom. The molecule has 2 rings (SSSR count). The number of carbonyl (C=O) groups is 2. The maximum absolute atomic E-state index is 10.9. The molecule has 0 atom stereocenters. The summed E-state index contributed by atoms with van der Waals surface area (Å²) in [6, 6.07) is 18.2. The molecule has 27 heavy (non-hydrogen) atoms. The first-order chi connectivity index (χ1) is 12.5. The van der Waals surface area contributed by atoms with E-state index in [0.29, 0.717) is 12.8 Å². The summed E-state index contributed by atoms with van der Waals surface area (Å²) in [6.45, 7) is 3.92. The fourth-order valence-electron chi connectivity index (χ4n) is 2.15. The SMILES string of the molecule is C.C#CC(=O)CCCc1ccc(C)cc1.CCC(=O)/C=C/c1ccccc1.[H]. The molecule has 0 aliphatic heterocycles. The summed E-state index contributed by atoms with van der Waals surface area (Å²) >= 11 is 0. The smallest absolute Gasteiger partial charge is 0.205 e. The highest BCUT2D eigenvalue weighted by atomic mass is 16.1. The minimum atomic E-state index is -0.0999. The molecule has 0 aliphatic carbocycles. The molecule has 0 unspecified atom stereocenters. The van der Waals surface area contributed by atoms with Crippen molar-refractivity contribution >= 4 is 17.6 Å². The highest BCUT2D eigenvalue weighted by molar-refractivity contribution is 5.94. The van der Waals surface area contributed by atoms with Crippen molar-refractivity contribution < 1.29 is 11.0 Å². The summed E-state index contributed by atoms with van der Waals surface area (Å²) in [6.07, 6.45) is 11.3. The zero-order valence-electron chi connectivity index (χ0n) is 16.6. The van der Waals surface area contributed by atoms with Crippen LogP contribution in [0.1, 0.15) is 51.7 Å². The van der Waals surface area contributed by atoms with Crippen LogP contribution in [0.15, 0.2) is 60.7 Å². The standard InChI is InChI=1S/C13H14O.C11H12O.CH4.H/c1-3-13(14)6-4-5-12-9-7-11(2)8-10-12;1-2-11(12)9-8-10-6-4-3-5-7-10;;/h1,7-10H,4-6H2,2H3;3-9H,2H2,1H3;1H4;/b;9-8+;;.